The van der Waals surface area contributed by atoms with E-state index in [1.54, 1.807) is 33.8 Å². The molecule has 0 aliphatic heterocycles. The first-order valence-corrected chi connectivity index (χ1v) is 11.7. The maximum Gasteiger partial charge on any atom is 0.408 e. The topological polar surface area (TPSA) is 114 Å². The van der Waals surface area contributed by atoms with Crippen molar-refractivity contribution in [1.82, 2.24) is 15.5 Å². The predicted octanol–water partition coefficient (Wildman–Crippen LogP) is 3.26. The summed E-state index contributed by atoms with van der Waals surface area (Å²) >= 11 is 0. The Morgan fingerprint density at radius 1 is 1.09 bits per heavy atom. The fraction of sp³-hybridized carbons (Fsp3) is 0.600. The zero-order chi connectivity index (χ0) is 25.9. The van der Waals surface area contributed by atoms with Crippen molar-refractivity contribution in [3.8, 4) is 0 Å². The number of esters is 1. The Hall–Kier alpha value is -3.10. The lowest BCUT2D eigenvalue weighted by Crippen LogP contribution is -2.51. The number of hydrogen-bond acceptors (Lipinski definition) is 6. The number of nitrogens with zero attached hydrogens (tertiary/aromatic N) is 1. The lowest BCUT2D eigenvalue weighted by molar-refractivity contribution is -0.144. The third-order valence-electron chi connectivity index (χ3n) is 4.95. The summed E-state index contributed by atoms with van der Waals surface area (Å²) in [7, 11) is 0. The van der Waals surface area contributed by atoms with E-state index in [0.29, 0.717) is 12.0 Å². The van der Waals surface area contributed by atoms with Crippen molar-refractivity contribution in [3.05, 3.63) is 35.4 Å². The normalized spacial score (nSPS) is 12.8. The number of rotatable bonds is 11. The van der Waals surface area contributed by atoms with E-state index in [-0.39, 0.29) is 32.2 Å². The van der Waals surface area contributed by atoms with Crippen LogP contribution in [0.4, 0.5) is 4.79 Å². The minimum Gasteiger partial charge on any atom is -0.466 e. The number of carbonyl (C=O) groups excluding carboxylic acids is 4. The molecular formula is C25H39N3O6. The molecular weight excluding hydrogens is 438 g/mol. The molecule has 0 aliphatic carbocycles. The maximum absolute atomic E-state index is 13.3. The molecule has 0 bridgehead atoms. The van der Waals surface area contributed by atoms with E-state index >= 15 is 0 Å². The van der Waals surface area contributed by atoms with Gasteiger partial charge in [0.05, 0.1) is 13.0 Å². The van der Waals surface area contributed by atoms with Gasteiger partial charge in [-0.1, -0.05) is 36.8 Å². The summed E-state index contributed by atoms with van der Waals surface area (Å²) in [4.78, 5) is 51.8. The molecule has 9 heteroatoms. The van der Waals surface area contributed by atoms with Gasteiger partial charge in [-0.05, 0) is 53.5 Å². The Labute approximate surface area is 202 Å². The van der Waals surface area contributed by atoms with Gasteiger partial charge in [-0.2, -0.15) is 0 Å². The van der Waals surface area contributed by atoms with Crippen LogP contribution in [0.25, 0.3) is 0 Å². The van der Waals surface area contributed by atoms with Crippen molar-refractivity contribution in [2.75, 3.05) is 19.7 Å². The molecule has 0 saturated carbocycles. The first kappa shape index (κ1) is 28.9. The van der Waals surface area contributed by atoms with Crippen molar-refractivity contribution in [3.63, 3.8) is 0 Å². The molecule has 0 fully saturated rings. The minimum atomic E-state index is -0.940. The van der Waals surface area contributed by atoms with E-state index < -0.39 is 35.5 Å². The first-order valence-electron chi connectivity index (χ1n) is 11.7. The number of nitrogens with one attached hydrogen (secondary N) is 2. The van der Waals surface area contributed by atoms with Crippen molar-refractivity contribution in [1.29, 1.82) is 0 Å². The van der Waals surface area contributed by atoms with Crippen molar-refractivity contribution in [2.24, 2.45) is 0 Å². The predicted molar refractivity (Wildman–Crippen MR) is 129 cm³/mol. The van der Waals surface area contributed by atoms with Crippen LogP contribution in [0.1, 0.15) is 71.6 Å². The van der Waals surface area contributed by atoms with E-state index in [9.17, 15) is 19.2 Å². The number of carbonyl (C=O) groups is 4. The third-order valence-corrected chi connectivity index (χ3v) is 4.95. The van der Waals surface area contributed by atoms with Crippen LogP contribution in [0.2, 0.25) is 0 Å². The molecule has 2 atom stereocenters. The van der Waals surface area contributed by atoms with E-state index in [4.69, 9.17) is 9.47 Å². The van der Waals surface area contributed by atoms with Gasteiger partial charge in [0, 0.05) is 12.6 Å². The summed E-state index contributed by atoms with van der Waals surface area (Å²) in [5.74, 6) is -1.25. The highest BCUT2D eigenvalue weighted by Gasteiger charge is 2.34. The Balaban J connectivity index is 3.15. The zero-order valence-corrected chi connectivity index (χ0v) is 21.4. The lowest BCUT2D eigenvalue weighted by atomic mass is 9.99. The van der Waals surface area contributed by atoms with Crippen LogP contribution in [0.3, 0.4) is 0 Å². The molecule has 34 heavy (non-hydrogen) atoms. The smallest absolute Gasteiger partial charge is 0.408 e. The summed E-state index contributed by atoms with van der Waals surface area (Å²) in [5.41, 5.74) is 0.872. The minimum absolute atomic E-state index is 0.0254. The standard InChI is InChI=1S/C25H39N3O6/c1-8-18(4)28(20(29)16-27-24(32)34-25(5,6)7)22(19-12-10-11-17(3)15-19)23(31)26-14-13-21(30)33-9-2/h10-12,15,18,22H,8-9,13-14,16H2,1-7H3,(H,26,31)(H,27,32). The molecule has 1 aromatic carbocycles. The fourth-order valence-corrected chi connectivity index (χ4v) is 3.29. The third kappa shape index (κ3) is 9.80. The van der Waals surface area contributed by atoms with Gasteiger partial charge in [0.2, 0.25) is 11.8 Å². The highest BCUT2D eigenvalue weighted by atomic mass is 16.6. The Kier molecular flexibility index (Phi) is 11.5. The second-order valence-corrected chi connectivity index (χ2v) is 9.08. The van der Waals surface area contributed by atoms with Crippen molar-refractivity contribution < 1.29 is 28.7 Å². The zero-order valence-electron chi connectivity index (χ0n) is 21.4. The SMILES string of the molecule is CCOC(=O)CCNC(=O)C(c1cccc(C)c1)N(C(=O)CNC(=O)OC(C)(C)C)C(C)CC. The van der Waals surface area contributed by atoms with E-state index in [1.807, 2.05) is 39.0 Å². The lowest BCUT2D eigenvalue weighted by Gasteiger charge is -2.36. The summed E-state index contributed by atoms with van der Waals surface area (Å²) in [6, 6.07) is 6.12. The van der Waals surface area contributed by atoms with Crippen LogP contribution < -0.4 is 10.6 Å². The molecule has 0 aliphatic rings. The summed E-state index contributed by atoms with van der Waals surface area (Å²) in [6.45, 7) is 12.6. The van der Waals surface area contributed by atoms with Crippen LogP contribution in [-0.4, -0.2) is 60.1 Å². The average Bonchev–Trinajstić information content (AvgIpc) is 2.74. The highest BCUT2D eigenvalue weighted by molar-refractivity contribution is 5.90. The molecule has 2 unspecified atom stereocenters. The first-order chi connectivity index (χ1) is 15.9. The van der Waals surface area contributed by atoms with Gasteiger partial charge >= 0.3 is 12.1 Å². The molecule has 0 heterocycles. The van der Waals surface area contributed by atoms with E-state index in [1.165, 1.54) is 4.90 Å². The average molecular weight is 478 g/mol. The molecule has 9 nitrogen and oxygen atoms in total. The molecule has 0 saturated heterocycles. The molecule has 0 spiro atoms. The fourth-order valence-electron chi connectivity index (χ4n) is 3.29. The number of amides is 3. The Morgan fingerprint density at radius 3 is 2.32 bits per heavy atom. The second-order valence-electron chi connectivity index (χ2n) is 9.08. The van der Waals surface area contributed by atoms with Gasteiger partial charge in [-0.3, -0.25) is 14.4 Å². The van der Waals surface area contributed by atoms with Crippen molar-refractivity contribution in [2.45, 2.75) is 79.0 Å². The second kappa shape index (κ2) is 13.6. The van der Waals surface area contributed by atoms with Gasteiger partial charge < -0.3 is 25.0 Å². The molecule has 0 aromatic heterocycles. The van der Waals surface area contributed by atoms with Crippen molar-refractivity contribution >= 4 is 23.9 Å². The van der Waals surface area contributed by atoms with Gasteiger partial charge in [0.15, 0.2) is 0 Å². The van der Waals surface area contributed by atoms with Crippen LogP contribution in [0.15, 0.2) is 24.3 Å². The van der Waals surface area contributed by atoms with E-state index in [2.05, 4.69) is 10.6 Å². The van der Waals surface area contributed by atoms with Crippen LogP contribution >= 0.6 is 0 Å². The largest absolute Gasteiger partial charge is 0.466 e. The van der Waals surface area contributed by atoms with Gasteiger partial charge in [0.25, 0.3) is 0 Å². The van der Waals surface area contributed by atoms with Crippen LogP contribution in [0, 0.1) is 6.92 Å². The van der Waals surface area contributed by atoms with Gasteiger partial charge in [-0.15, -0.1) is 0 Å². The number of benzene rings is 1. The van der Waals surface area contributed by atoms with Crippen LogP contribution in [0.5, 0.6) is 0 Å². The molecule has 1 aromatic rings. The van der Waals surface area contributed by atoms with Crippen LogP contribution in [-0.2, 0) is 23.9 Å². The monoisotopic (exact) mass is 477 g/mol. The molecule has 1 rings (SSSR count). The molecule has 3 amide bonds. The maximum atomic E-state index is 13.3. The number of ether oxygens (including phenoxy) is 2. The van der Waals surface area contributed by atoms with E-state index in [0.717, 1.165) is 5.56 Å². The number of hydrogen-bond donors (Lipinski definition) is 2. The Bertz CT molecular complexity index is 849. The summed E-state index contributed by atoms with van der Waals surface area (Å²) in [6.07, 6.45) is -0.0928. The number of aryl methyl sites for hydroxylation is 1. The Morgan fingerprint density at radius 2 is 1.76 bits per heavy atom. The highest BCUT2D eigenvalue weighted by Crippen LogP contribution is 2.26. The molecule has 2 N–H and O–H groups in total. The number of alkyl carbamates (subject to hydrolysis) is 1. The van der Waals surface area contributed by atoms with Gasteiger partial charge in [0.1, 0.15) is 18.2 Å². The van der Waals surface area contributed by atoms with Gasteiger partial charge in [-0.25, -0.2) is 4.79 Å². The quantitative estimate of drug-likeness (QED) is 0.473. The molecule has 0 radical (unpaired) electrons. The summed E-state index contributed by atoms with van der Waals surface area (Å²) in [5, 5.41) is 5.24. The summed E-state index contributed by atoms with van der Waals surface area (Å²) < 4.78 is 10.1. The molecule has 190 valence electrons.